The number of thiazole rings is 1. The van der Waals surface area contributed by atoms with Gasteiger partial charge < -0.3 is 10.2 Å². The summed E-state index contributed by atoms with van der Waals surface area (Å²) in [5, 5.41) is 5.43. The summed E-state index contributed by atoms with van der Waals surface area (Å²) in [7, 11) is 0. The van der Waals surface area contributed by atoms with Gasteiger partial charge in [0.2, 0.25) is 0 Å². The van der Waals surface area contributed by atoms with Gasteiger partial charge in [0.1, 0.15) is 0 Å². The van der Waals surface area contributed by atoms with Crippen molar-refractivity contribution in [1.82, 2.24) is 24.8 Å². The van der Waals surface area contributed by atoms with Crippen LogP contribution in [-0.2, 0) is 0 Å². The highest BCUT2D eigenvalue weighted by Crippen LogP contribution is 2.43. The Labute approximate surface area is 190 Å². The van der Waals surface area contributed by atoms with Crippen molar-refractivity contribution in [3.8, 4) is 5.13 Å². The summed E-state index contributed by atoms with van der Waals surface area (Å²) in [6.45, 7) is 0. The van der Waals surface area contributed by atoms with E-state index in [1.807, 2.05) is 18.3 Å². The van der Waals surface area contributed by atoms with E-state index in [2.05, 4.69) is 68.4 Å². The van der Waals surface area contributed by atoms with Crippen LogP contribution in [0.25, 0.3) is 15.3 Å². The van der Waals surface area contributed by atoms with Gasteiger partial charge in [-0.2, -0.15) is 0 Å². The quantitative estimate of drug-likeness (QED) is 0.426. The number of rotatable bonds is 4. The minimum atomic E-state index is 0.0114. The highest BCUT2D eigenvalue weighted by molar-refractivity contribution is 7.80. The van der Waals surface area contributed by atoms with Gasteiger partial charge in [0, 0.05) is 18.4 Å². The Morgan fingerprint density at radius 3 is 2.65 bits per heavy atom. The van der Waals surface area contributed by atoms with E-state index in [1.54, 1.807) is 11.3 Å². The first-order chi connectivity index (χ1) is 15.3. The molecule has 156 valence electrons. The molecule has 1 N–H and O–H groups in total. The zero-order chi connectivity index (χ0) is 20.8. The summed E-state index contributed by atoms with van der Waals surface area (Å²) in [6.07, 6.45) is 8.90. The number of pyridine rings is 1. The van der Waals surface area contributed by atoms with E-state index in [-0.39, 0.29) is 12.1 Å². The average Bonchev–Trinajstić information content (AvgIpc) is 3.58. The molecule has 7 heteroatoms. The van der Waals surface area contributed by atoms with E-state index >= 15 is 0 Å². The fourth-order valence-corrected chi connectivity index (χ4v) is 6.39. The standard InChI is InChI=1S/C24H23N5S2/c30-23-27-21(18-11-5-6-14-25-18)22(29(23)16-8-1-2-9-16)19-12-7-15-28(19)24-26-17-10-3-4-13-20(17)31-24/h3-7,10-16,21-22H,1-2,8-9H2,(H,27,30). The average molecular weight is 446 g/mol. The summed E-state index contributed by atoms with van der Waals surface area (Å²) in [4.78, 5) is 12.0. The van der Waals surface area contributed by atoms with E-state index in [4.69, 9.17) is 17.2 Å². The van der Waals surface area contributed by atoms with Crippen molar-refractivity contribution in [2.45, 2.75) is 43.8 Å². The van der Waals surface area contributed by atoms with Crippen molar-refractivity contribution in [1.29, 1.82) is 0 Å². The number of nitrogens with one attached hydrogen (secondary N) is 1. The van der Waals surface area contributed by atoms with Gasteiger partial charge in [0.15, 0.2) is 10.2 Å². The van der Waals surface area contributed by atoms with Crippen LogP contribution < -0.4 is 5.32 Å². The first kappa shape index (κ1) is 19.0. The van der Waals surface area contributed by atoms with E-state index in [0.29, 0.717) is 6.04 Å². The van der Waals surface area contributed by atoms with E-state index in [9.17, 15) is 0 Å². The third-order valence-electron chi connectivity index (χ3n) is 6.43. The maximum atomic E-state index is 5.88. The number of hydrogen-bond acceptors (Lipinski definition) is 4. The van der Waals surface area contributed by atoms with Crippen LogP contribution in [0.15, 0.2) is 67.0 Å². The molecule has 4 heterocycles. The molecule has 0 spiro atoms. The zero-order valence-electron chi connectivity index (χ0n) is 17.0. The van der Waals surface area contributed by atoms with Crippen LogP contribution in [0.4, 0.5) is 0 Å². The molecule has 5 nitrogen and oxygen atoms in total. The molecule has 4 aromatic rings. The lowest BCUT2D eigenvalue weighted by atomic mass is 10.00. The van der Waals surface area contributed by atoms with Crippen LogP contribution in [0.2, 0.25) is 0 Å². The second-order valence-corrected chi connectivity index (χ2v) is 9.64. The fourth-order valence-electron chi connectivity index (χ4n) is 5.03. The molecule has 1 aliphatic carbocycles. The van der Waals surface area contributed by atoms with Crippen LogP contribution in [0.3, 0.4) is 0 Å². The van der Waals surface area contributed by atoms with E-state index in [1.165, 1.54) is 36.1 Å². The molecule has 2 fully saturated rings. The highest BCUT2D eigenvalue weighted by Gasteiger charge is 2.44. The molecule has 0 bridgehead atoms. The summed E-state index contributed by atoms with van der Waals surface area (Å²) in [5.74, 6) is 0. The first-order valence-electron chi connectivity index (χ1n) is 10.8. The molecule has 2 atom stereocenters. The lowest BCUT2D eigenvalue weighted by molar-refractivity contribution is 0.239. The second-order valence-electron chi connectivity index (χ2n) is 8.24. The summed E-state index contributed by atoms with van der Waals surface area (Å²) in [5.41, 5.74) is 3.26. The smallest absolute Gasteiger partial charge is 0.194 e. The maximum Gasteiger partial charge on any atom is 0.194 e. The van der Waals surface area contributed by atoms with E-state index < -0.39 is 0 Å². The Bertz CT molecular complexity index is 1190. The Kier molecular flexibility index (Phi) is 4.73. The number of para-hydroxylation sites is 1. The summed E-state index contributed by atoms with van der Waals surface area (Å²) < 4.78 is 3.44. The minimum Gasteiger partial charge on any atom is -0.352 e. The van der Waals surface area contributed by atoms with Crippen molar-refractivity contribution in [2.24, 2.45) is 0 Å². The summed E-state index contributed by atoms with van der Waals surface area (Å²) in [6, 6.07) is 19.3. The fraction of sp³-hybridized carbons (Fsp3) is 0.292. The maximum absolute atomic E-state index is 5.88. The van der Waals surface area contributed by atoms with Crippen molar-refractivity contribution >= 4 is 38.9 Å². The molecule has 1 saturated carbocycles. The Hall–Kier alpha value is -2.77. The number of hydrogen-bond donors (Lipinski definition) is 1. The predicted octanol–water partition coefficient (Wildman–Crippen LogP) is 5.40. The number of nitrogens with zero attached hydrogens (tertiary/aromatic N) is 4. The molecule has 1 aromatic carbocycles. The van der Waals surface area contributed by atoms with Gasteiger partial charge in [-0.05, 0) is 61.5 Å². The largest absolute Gasteiger partial charge is 0.352 e. The molecule has 6 rings (SSSR count). The number of aromatic nitrogens is 3. The van der Waals surface area contributed by atoms with E-state index in [0.717, 1.165) is 21.5 Å². The van der Waals surface area contributed by atoms with Gasteiger partial charge in [-0.25, -0.2) is 4.98 Å². The number of benzene rings is 1. The number of fused-ring (bicyclic) bond motifs is 1. The van der Waals surface area contributed by atoms with Gasteiger partial charge >= 0.3 is 0 Å². The van der Waals surface area contributed by atoms with Crippen LogP contribution in [0.1, 0.15) is 49.2 Å². The summed E-state index contributed by atoms with van der Waals surface area (Å²) >= 11 is 7.61. The van der Waals surface area contributed by atoms with Crippen molar-refractivity contribution in [3.63, 3.8) is 0 Å². The third-order valence-corrected chi connectivity index (χ3v) is 7.79. The van der Waals surface area contributed by atoms with Gasteiger partial charge in [0.05, 0.1) is 33.7 Å². The normalized spacial score (nSPS) is 21.8. The Balaban J connectivity index is 1.48. The number of thiocarbonyl (C=S) groups is 1. The molecular formula is C24H23N5S2. The lowest BCUT2D eigenvalue weighted by Crippen LogP contribution is -2.38. The predicted molar refractivity (Wildman–Crippen MR) is 128 cm³/mol. The lowest BCUT2D eigenvalue weighted by Gasteiger charge is -2.33. The van der Waals surface area contributed by atoms with Gasteiger partial charge in [-0.15, -0.1) is 0 Å². The van der Waals surface area contributed by atoms with Gasteiger partial charge in [-0.1, -0.05) is 42.4 Å². The van der Waals surface area contributed by atoms with Crippen molar-refractivity contribution in [2.75, 3.05) is 0 Å². The van der Waals surface area contributed by atoms with Crippen LogP contribution in [-0.4, -0.2) is 30.6 Å². The molecule has 0 radical (unpaired) electrons. The Morgan fingerprint density at radius 2 is 1.84 bits per heavy atom. The third kappa shape index (κ3) is 3.23. The molecule has 0 amide bonds. The molecule has 1 aliphatic heterocycles. The van der Waals surface area contributed by atoms with Gasteiger partial charge in [-0.3, -0.25) is 9.55 Å². The SMILES string of the molecule is S=C1NC(c2ccccn2)C(c2cccn2-c2nc3ccccc3s2)N1C1CCCC1. The minimum absolute atomic E-state index is 0.0114. The molecule has 3 aromatic heterocycles. The van der Waals surface area contributed by atoms with Crippen LogP contribution in [0, 0.1) is 0 Å². The van der Waals surface area contributed by atoms with Crippen LogP contribution >= 0.6 is 23.6 Å². The molecule has 2 unspecified atom stereocenters. The van der Waals surface area contributed by atoms with Crippen molar-refractivity contribution < 1.29 is 0 Å². The van der Waals surface area contributed by atoms with Gasteiger partial charge in [0.25, 0.3) is 0 Å². The monoisotopic (exact) mass is 445 g/mol. The second kappa shape index (κ2) is 7.73. The molecule has 1 saturated heterocycles. The molecule has 31 heavy (non-hydrogen) atoms. The zero-order valence-corrected chi connectivity index (χ0v) is 18.6. The molecule has 2 aliphatic rings. The molecular weight excluding hydrogens is 422 g/mol. The van der Waals surface area contributed by atoms with Crippen LogP contribution in [0.5, 0.6) is 0 Å². The first-order valence-corrected chi connectivity index (χ1v) is 12.0. The Morgan fingerprint density at radius 1 is 1.00 bits per heavy atom. The topological polar surface area (TPSA) is 46.0 Å². The highest BCUT2D eigenvalue weighted by atomic mass is 32.1. The van der Waals surface area contributed by atoms with Crippen molar-refractivity contribution in [3.05, 3.63) is 78.4 Å².